The van der Waals surface area contributed by atoms with Crippen LogP contribution < -0.4 is 19.9 Å². The molecule has 1 fully saturated rings. The number of nitrogens with zero attached hydrogens (tertiary/aromatic N) is 6. The van der Waals surface area contributed by atoms with Crippen LogP contribution in [0.2, 0.25) is 5.02 Å². The maximum Gasteiger partial charge on any atom is 0.253 e. The minimum atomic E-state index is -0.456. The summed E-state index contributed by atoms with van der Waals surface area (Å²) in [5.41, 5.74) is 3.35. The van der Waals surface area contributed by atoms with Gasteiger partial charge in [-0.2, -0.15) is 0 Å². The number of ether oxygens (including phenoxy) is 3. The predicted molar refractivity (Wildman–Crippen MR) is 142 cm³/mol. The zero-order valence-electron chi connectivity index (χ0n) is 21.2. The molecule has 2 aliphatic rings. The average Bonchev–Trinajstić information content (AvgIpc) is 3.58. The number of piperazine rings is 1. The van der Waals surface area contributed by atoms with Crippen molar-refractivity contribution in [2.24, 2.45) is 0 Å². The van der Waals surface area contributed by atoms with Gasteiger partial charge in [0.25, 0.3) is 5.56 Å². The van der Waals surface area contributed by atoms with Crippen molar-refractivity contribution in [3.05, 3.63) is 68.7 Å². The molecule has 11 nitrogen and oxygen atoms in total. The number of aryl methyl sites for hydroxylation is 1. The van der Waals surface area contributed by atoms with Crippen molar-refractivity contribution in [2.75, 3.05) is 51.6 Å². The number of halogens is 1. The highest BCUT2D eigenvalue weighted by atomic mass is 35.5. The second-order valence-corrected chi connectivity index (χ2v) is 9.89. The van der Waals surface area contributed by atoms with Gasteiger partial charge >= 0.3 is 0 Å². The Balaban J connectivity index is 1.38. The number of H-pyrrole nitrogens is 1. The number of nitrogens with one attached hydrogen (secondary N) is 1. The molecule has 0 spiro atoms. The lowest BCUT2D eigenvalue weighted by molar-refractivity contribution is 0.171. The number of fused-ring (bicyclic) bond motifs is 2. The Hall–Kier alpha value is -3.67. The first-order valence-electron chi connectivity index (χ1n) is 12.5. The molecule has 2 aliphatic heterocycles. The van der Waals surface area contributed by atoms with Crippen molar-refractivity contribution in [3.8, 4) is 11.5 Å². The molecular weight excluding hydrogens is 510 g/mol. The van der Waals surface area contributed by atoms with Crippen molar-refractivity contribution >= 4 is 28.2 Å². The summed E-state index contributed by atoms with van der Waals surface area (Å²) in [5.74, 6) is 1.87. The van der Waals surface area contributed by atoms with Gasteiger partial charge < -0.3 is 24.1 Å². The Morgan fingerprint density at radius 2 is 1.89 bits per heavy atom. The molecule has 1 N–H and O–H groups in total. The van der Waals surface area contributed by atoms with E-state index < -0.39 is 6.04 Å². The summed E-state index contributed by atoms with van der Waals surface area (Å²) in [6.07, 6.45) is 0. The summed E-state index contributed by atoms with van der Waals surface area (Å²) in [5, 5.41) is 14.1. The predicted octanol–water partition coefficient (Wildman–Crippen LogP) is 2.76. The van der Waals surface area contributed by atoms with Gasteiger partial charge in [0.2, 0.25) is 6.79 Å². The number of methoxy groups -OCH3 is 1. The summed E-state index contributed by atoms with van der Waals surface area (Å²) < 4.78 is 18.0. The zero-order chi connectivity index (χ0) is 26.2. The van der Waals surface area contributed by atoms with Crippen LogP contribution >= 0.6 is 11.6 Å². The quantitative estimate of drug-likeness (QED) is 0.380. The number of aromatic nitrogens is 5. The van der Waals surface area contributed by atoms with Crippen LogP contribution in [0, 0.1) is 6.92 Å². The van der Waals surface area contributed by atoms with Gasteiger partial charge in [-0.25, -0.2) is 4.68 Å². The molecule has 6 rings (SSSR count). The largest absolute Gasteiger partial charge is 0.454 e. The van der Waals surface area contributed by atoms with Gasteiger partial charge in [-0.05, 0) is 47.2 Å². The molecule has 1 saturated heterocycles. The number of rotatable bonds is 7. The summed E-state index contributed by atoms with van der Waals surface area (Å²) in [6.45, 7) is 6.11. The average molecular weight is 538 g/mol. The molecule has 4 aromatic rings. The third-order valence-corrected chi connectivity index (χ3v) is 7.40. The van der Waals surface area contributed by atoms with Crippen molar-refractivity contribution in [2.45, 2.75) is 19.5 Å². The number of hydrogen-bond acceptors (Lipinski definition) is 9. The van der Waals surface area contributed by atoms with Crippen molar-refractivity contribution in [1.82, 2.24) is 30.1 Å². The summed E-state index contributed by atoms with van der Waals surface area (Å²) in [6, 6.07) is 11.1. The molecular formula is C26H28ClN7O4. The van der Waals surface area contributed by atoms with Crippen LogP contribution in [-0.4, -0.2) is 76.8 Å². The van der Waals surface area contributed by atoms with Crippen LogP contribution in [0.1, 0.15) is 23.0 Å². The highest BCUT2D eigenvalue weighted by molar-refractivity contribution is 6.30. The van der Waals surface area contributed by atoms with Gasteiger partial charge in [-0.15, -0.1) is 5.10 Å². The van der Waals surface area contributed by atoms with Gasteiger partial charge in [0.15, 0.2) is 17.3 Å². The van der Waals surface area contributed by atoms with E-state index in [0.717, 1.165) is 24.2 Å². The molecule has 1 atom stereocenters. The van der Waals surface area contributed by atoms with E-state index in [0.29, 0.717) is 59.7 Å². The van der Waals surface area contributed by atoms with E-state index in [1.165, 1.54) is 5.56 Å². The molecule has 0 bridgehead atoms. The van der Waals surface area contributed by atoms with Crippen LogP contribution in [0.25, 0.3) is 10.9 Å². The van der Waals surface area contributed by atoms with Gasteiger partial charge in [0.1, 0.15) is 6.04 Å². The third kappa shape index (κ3) is 4.57. The first-order chi connectivity index (χ1) is 18.5. The molecule has 198 valence electrons. The second kappa shape index (κ2) is 10.2. The number of benzene rings is 2. The fourth-order valence-corrected chi connectivity index (χ4v) is 5.37. The van der Waals surface area contributed by atoms with Gasteiger partial charge in [0.05, 0.1) is 18.7 Å². The zero-order valence-corrected chi connectivity index (χ0v) is 21.9. The molecule has 0 saturated carbocycles. The number of pyridine rings is 1. The van der Waals surface area contributed by atoms with E-state index in [-0.39, 0.29) is 12.4 Å². The molecule has 0 aliphatic carbocycles. The van der Waals surface area contributed by atoms with Gasteiger partial charge in [0, 0.05) is 61.0 Å². The minimum absolute atomic E-state index is 0.163. The summed E-state index contributed by atoms with van der Waals surface area (Å²) in [7, 11) is 1.64. The first-order valence-corrected chi connectivity index (χ1v) is 12.9. The molecule has 0 radical (unpaired) electrons. The molecule has 12 heteroatoms. The van der Waals surface area contributed by atoms with Crippen molar-refractivity contribution < 1.29 is 14.2 Å². The second-order valence-electron chi connectivity index (χ2n) is 9.46. The normalized spacial score (nSPS) is 16.3. The number of aromatic amines is 1. The fraction of sp³-hybridized carbons (Fsp3) is 0.385. The Bertz CT molecular complexity index is 1530. The lowest BCUT2D eigenvalue weighted by atomic mass is 10.0. The third-order valence-electron chi connectivity index (χ3n) is 7.16. The number of hydrogen-bond donors (Lipinski definition) is 1. The van der Waals surface area contributed by atoms with E-state index in [9.17, 15) is 4.79 Å². The Labute approximate surface area is 223 Å². The molecule has 4 heterocycles. The summed E-state index contributed by atoms with van der Waals surface area (Å²) >= 11 is 6.30. The fourth-order valence-electron chi connectivity index (χ4n) is 5.20. The van der Waals surface area contributed by atoms with Crippen LogP contribution in [0.5, 0.6) is 11.5 Å². The number of tetrazole rings is 1. The Morgan fingerprint density at radius 3 is 2.68 bits per heavy atom. The van der Waals surface area contributed by atoms with E-state index in [2.05, 4.69) is 37.2 Å². The van der Waals surface area contributed by atoms with E-state index in [4.69, 9.17) is 25.8 Å². The number of anilines is 1. The van der Waals surface area contributed by atoms with Crippen molar-refractivity contribution in [3.63, 3.8) is 0 Å². The lowest BCUT2D eigenvalue weighted by Gasteiger charge is -2.40. The lowest BCUT2D eigenvalue weighted by Crippen LogP contribution is -2.49. The molecule has 2 aromatic carbocycles. The maximum absolute atomic E-state index is 13.5. The van der Waals surface area contributed by atoms with Crippen LogP contribution in [-0.2, 0) is 11.3 Å². The molecule has 38 heavy (non-hydrogen) atoms. The van der Waals surface area contributed by atoms with Crippen LogP contribution in [0.3, 0.4) is 0 Å². The smallest absolute Gasteiger partial charge is 0.253 e. The maximum atomic E-state index is 13.5. The topological polar surface area (TPSA) is 111 Å². The monoisotopic (exact) mass is 537 g/mol. The van der Waals surface area contributed by atoms with E-state index in [1.807, 2.05) is 30.3 Å². The molecule has 0 amide bonds. The minimum Gasteiger partial charge on any atom is -0.454 e. The van der Waals surface area contributed by atoms with Crippen LogP contribution in [0.4, 0.5) is 5.69 Å². The Morgan fingerprint density at radius 1 is 1.11 bits per heavy atom. The summed E-state index contributed by atoms with van der Waals surface area (Å²) in [4.78, 5) is 21.1. The van der Waals surface area contributed by atoms with Gasteiger partial charge in [-0.3, -0.25) is 9.69 Å². The van der Waals surface area contributed by atoms with E-state index >= 15 is 0 Å². The molecule has 0 unspecified atom stereocenters. The highest BCUT2D eigenvalue weighted by Gasteiger charge is 2.33. The highest BCUT2D eigenvalue weighted by Crippen LogP contribution is 2.36. The van der Waals surface area contributed by atoms with Crippen LogP contribution in [0.15, 0.2) is 41.2 Å². The first kappa shape index (κ1) is 24.7. The molecule has 2 aromatic heterocycles. The van der Waals surface area contributed by atoms with Gasteiger partial charge in [-0.1, -0.05) is 17.7 Å². The Kier molecular flexibility index (Phi) is 6.64. The SMILES string of the molecule is COCCn1nnnc1[C@@H](c1cc2cc3c(cc2[nH]c1=O)OCO3)N1CCN(c2cc(Cl)ccc2C)CC1. The standard InChI is InChI=1S/C26H28ClN7O4/c1-16-3-4-18(27)13-21(16)32-5-7-33(8-6-32)24(25-29-30-31-34(25)9-10-36-2)19-11-17-12-22-23(38-15-37-22)14-20(17)28-26(19)35/h3-4,11-14,24H,5-10,15H2,1-2H3,(H,28,35)/t24-/m1/s1. The van der Waals surface area contributed by atoms with Crippen molar-refractivity contribution in [1.29, 1.82) is 0 Å². The van der Waals surface area contributed by atoms with E-state index in [1.54, 1.807) is 17.9 Å².